The average molecular weight is 490 g/mol. The number of aromatic nitrogens is 1. The van der Waals surface area contributed by atoms with E-state index in [1.165, 1.54) is 0 Å². The standard InChI is InChI=1S/C31H27N3O3/c35-29(33-24-11-13-25(14-12-24)37-19-22-7-3-1-4-8-22)28-17-31(28)20-34(21-31)30(36)26-15-16-32-18-27(26)23-9-5-2-6-10-23/h1-16,18,28H,17,19-21H2,(H,33,35). The molecule has 2 heterocycles. The fourth-order valence-corrected chi connectivity index (χ4v) is 5.13. The number of benzene rings is 3. The molecule has 6 nitrogen and oxygen atoms in total. The van der Waals surface area contributed by atoms with Crippen LogP contribution in [0.4, 0.5) is 5.69 Å². The predicted molar refractivity (Wildman–Crippen MR) is 142 cm³/mol. The largest absolute Gasteiger partial charge is 0.489 e. The van der Waals surface area contributed by atoms with Crippen molar-refractivity contribution in [3.05, 3.63) is 115 Å². The van der Waals surface area contributed by atoms with Crippen LogP contribution >= 0.6 is 0 Å². The van der Waals surface area contributed by atoms with Crippen molar-refractivity contribution in [3.63, 3.8) is 0 Å². The van der Waals surface area contributed by atoms with Crippen molar-refractivity contribution in [2.45, 2.75) is 13.0 Å². The number of amides is 2. The minimum Gasteiger partial charge on any atom is -0.489 e. The van der Waals surface area contributed by atoms with E-state index >= 15 is 0 Å². The van der Waals surface area contributed by atoms with Crippen LogP contribution in [0.15, 0.2) is 103 Å². The molecule has 1 aliphatic carbocycles. The Kier molecular flexibility index (Phi) is 5.93. The van der Waals surface area contributed by atoms with E-state index < -0.39 is 0 Å². The molecule has 2 aliphatic rings. The summed E-state index contributed by atoms with van der Waals surface area (Å²) >= 11 is 0. The third-order valence-corrected chi connectivity index (χ3v) is 7.31. The van der Waals surface area contributed by atoms with Crippen molar-refractivity contribution >= 4 is 17.5 Å². The molecule has 0 radical (unpaired) electrons. The third kappa shape index (κ3) is 4.70. The van der Waals surface area contributed by atoms with Crippen molar-refractivity contribution in [1.82, 2.24) is 9.88 Å². The van der Waals surface area contributed by atoms with Crippen molar-refractivity contribution in [1.29, 1.82) is 0 Å². The molecule has 1 aromatic heterocycles. The fraction of sp³-hybridized carbons (Fsp3) is 0.194. The first-order valence-electron chi connectivity index (χ1n) is 12.5. The molecule has 1 atom stereocenters. The summed E-state index contributed by atoms with van der Waals surface area (Å²) in [5.74, 6) is 0.684. The second kappa shape index (κ2) is 9.54. The maximum Gasteiger partial charge on any atom is 0.254 e. The molecule has 1 saturated carbocycles. The lowest BCUT2D eigenvalue weighted by atomic mass is 9.91. The number of nitrogens with zero attached hydrogens (tertiary/aromatic N) is 2. The number of ether oxygens (including phenoxy) is 1. The Morgan fingerprint density at radius 3 is 2.35 bits per heavy atom. The van der Waals surface area contributed by atoms with E-state index in [1.807, 2.05) is 89.8 Å². The molecule has 37 heavy (non-hydrogen) atoms. The van der Waals surface area contributed by atoms with Gasteiger partial charge in [0.05, 0.1) is 5.56 Å². The van der Waals surface area contributed by atoms with Crippen LogP contribution in [0, 0.1) is 11.3 Å². The van der Waals surface area contributed by atoms with Crippen LogP contribution in [-0.2, 0) is 11.4 Å². The van der Waals surface area contributed by atoms with Gasteiger partial charge in [-0.1, -0.05) is 60.7 Å². The predicted octanol–water partition coefficient (Wildman–Crippen LogP) is 5.43. The summed E-state index contributed by atoms with van der Waals surface area (Å²) < 4.78 is 5.82. The van der Waals surface area contributed by atoms with Gasteiger partial charge < -0.3 is 15.0 Å². The average Bonchev–Trinajstić information content (AvgIpc) is 3.69. The number of hydrogen-bond acceptors (Lipinski definition) is 4. The molecule has 1 N–H and O–H groups in total. The fourth-order valence-electron chi connectivity index (χ4n) is 5.13. The molecule has 6 heteroatoms. The second-order valence-electron chi connectivity index (χ2n) is 9.86. The highest BCUT2D eigenvalue weighted by Gasteiger charge is 2.65. The number of rotatable bonds is 7. The smallest absolute Gasteiger partial charge is 0.254 e. The van der Waals surface area contributed by atoms with Gasteiger partial charge in [-0.05, 0) is 47.9 Å². The molecule has 2 fully saturated rings. The summed E-state index contributed by atoms with van der Waals surface area (Å²) in [5, 5.41) is 3.03. The molecule has 1 unspecified atom stereocenters. The molecule has 3 aromatic carbocycles. The molecule has 1 saturated heterocycles. The van der Waals surface area contributed by atoms with Crippen LogP contribution in [-0.4, -0.2) is 34.8 Å². The highest BCUT2D eigenvalue weighted by atomic mass is 16.5. The van der Waals surface area contributed by atoms with Crippen molar-refractivity contribution < 1.29 is 14.3 Å². The zero-order valence-corrected chi connectivity index (χ0v) is 20.3. The van der Waals surface area contributed by atoms with Crippen LogP contribution in [0.1, 0.15) is 22.3 Å². The van der Waals surface area contributed by atoms with Crippen LogP contribution in [0.3, 0.4) is 0 Å². The quantitative estimate of drug-likeness (QED) is 0.376. The number of likely N-dealkylation sites (tertiary alicyclic amines) is 1. The number of nitrogens with one attached hydrogen (secondary N) is 1. The molecule has 4 aromatic rings. The lowest BCUT2D eigenvalue weighted by Crippen LogP contribution is -2.53. The van der Waals surface area contributed by atoms with Gasteiger partial charge in [-0.15, -0.1) is 0 Å². The monoisotopic (exact) mass is 489 g/mol. The third-order valence-electron chi connectivity index (χ3n) is 7.31. The lowest BCUT2D eigenvalue weighted by Gasteiger charge is -2.41. The number of carbonyl (C=O) groups is 2. The van der Waals surface area contributed by atoms with Crippen molar-refractivity contribution in [2.75, 3.05) is 18.4 Å². The molecule has 6 rings (SSSR count). The van der Waals surface area contributed by atoms with Crippen LogP contribution in [0.5, 0.6) is 5.75 Å². The van der Waals surface area contributed by atoms with E-state index in [-0.39, 0.29) is 23.1 Å². The van der Waals surface area contributed by atoms with Gasteiger partial charge in [-0.25, -0.2) is 0 Å². The molecule has 0 bridgehead atoms. The van der Waals surface area contributed by atoms with E-state index in [2.05, 4.69) is 10.3 Å². The van der Waals surface area contributed by atoms with Gasteiger partial charge in [0.1, 0.15) is 12.4 Å². The second-order valence-corrected chi connectivity index (χ2v) is 9.86. The van der Waals surface area contributed by atoms with Crippen molar-refractivity contribution in [3.8, 4) is 16.9 Å². The van der Waals surface area contributed by atoms with E-state index in [9.17, 15) is 9.59 Å². The SMILES string of the molecule is O=C(Nc1ccc(OCc2ccccc2)cc1)C1CC12CN(C(=O)c1ccncc1-c1ccccc1)C2. The highest BCUT2D eigenvalue weighted by molar-refractivity contribution is 6.02. The Morgan fingerprint density at radius 1 is 0.919 bits per heavy atom. The first-order valence-corrected chi connectivity index (χ1v) is 12.5. The lowest BCUT2D eigenvalue weighted by molar-refractivity contribution is -0.119. The van der Waals surface area contributed by atoms with E-state index in [0.717, 1.165) is 34.5 Å². The van der Waals surface area contributed by atoms with Crippen molar-refractivity contribution in [2.24, 2.45) is 11.3 Å². The first-order chi connectivity index (χ1) is 18.1. The summed E-state index contributed by atoms with van der Waals surface area (Å²) in [7, 11) is 0. The summed E-state index contributed by atoms with van der Waals surface area (Å²) in [6.07, 6.45) is 4.20. The minimum atomic E-state index is -0.0988. The Morgan fingerprint density at radius 2 is 1.62 bits per heavy atom. The Bertz CT molecular complexity index is 1420. The normalized spacial score (nSPS) is 17.1. The van der Waals surface area contributed by atoms with Gasteiger partial charge in [-0.3, -0.25) is 14.6 Å². The molecular weight excluding hydrogens is 462 g/mol. The Labute approximate surface area is 215 Å². The molecule has 2 amide bonds. The van der Waals surface area contributed by atoms with Crippen LogP contribution < -0.4 is 10.1 Å². The van der Waals surface area contributed by atoms with Crippen LogP contribution in [0.2, 0.25) is 0 Å². The zero-order valence-electron chi connectivity index (χ0n) is 20.3. The topological polar surface area (TPSA) is 71.5 Å². The van der Waals surface area contributed by atoms with E-state index in [0.29, 0.717) is 25.3 Å². The summed E-state index contributed by atoms with van der Waals surface area (Å²) in [5.41, 5.74) is 4.19. The molecule has 1 spiro atoms. The zero-order chi connectivity index (χ0) is 25.2. The maximum atomic E-state index is 13.3. The number of carbonyl (C=O) groups excluding carboxylic acids is 2. The maximum absolute atomic E-state index is 13.3. The Balaban J connectivity index is 1.03. The van der Waals surface area contributed by atoms with Crippen LogP contribution in [0.25, 0.3) is 11.1 Å². The molecular formula is C31H27N3O3. The van der Waals surface area contributed by atoms with E-state index in [1.54, 1.807) is 18.5 Å². The summed E-state index contributed by atoms with van der Waals surface area (Å²) in [6.45, 7) is 1.71. The number of hydrogen-bond donors (Lipinski definition) is 1. The minimum absolute atomic E-state index is 0.0102. The van der Waals surface area contributed by atoms with Gasteiger partial charge in [0.15, 0.2) is 0 Å². The number of anilines is 1. The van der Waals surface area contributed by atoms with Gasteiger partial charge >= 0.3 is 0 Å². The summed E-state index contributed by atoms with van der Waals surface area (Å²) in [4.78, 5) is 32.2. The first kappa shape index (κ1) is 23.0. The van der Waals surface area contributed by atoms with E-state index in [4.69, 9.17) is 4.74 Å². The number of pyridine rings is 1. The molecule has 184 valence electrons. The van der Waals surface area contributed by atoms with Gasteiger partial charge in [0.2, 0.25) is 5.91 Å². The van der Waals surface area contributed by atoms with Gasteiger partial charge in [-0.2, -0.15) is 0 Å². The Hall–Kier alpha value is -4.45. The molecule has 1 aliphatic heterocycles. The van der Waals surface area contributed by atoms with Gasteiger partial charge in [0, 0.05) is 48.1 Å². The highest BCUT2D eigenvalue weighted by Crippen LogP contribution is 2.59. The summed E-state index contributed by atoms with van der Waals surface area (Å²) in [6, 6.07) is 29.0. The van der Waals surface area contributed by atoms with Gasteiger partial charge in [0.25, 0.3) is 5.91 Å².